The minimum Gasteiger partial charge on any atom is -0.392 e. The van der Waals surface area contributed by atoms with Crippen LogP contribution in [0.5, 0.6) is 0 Å². The first-order chi connectivity index (χ1) is 8.43. The molecule has 1 atom stereocenters. The summed E-state index contributed by atoms with van der Waals surface area (Å²) in [5, 5.41) is 9.26. The van der Waals surface area contributed by atoms with Gasteiger partial charge in [-0.25, -0.2) is 12.8 Å². The number of aliphatic hydroxyl groups excluding tert-OH is 1. The zero-order valence-electron chi connectivity index (χ0n) is 9.51. The lowest BCUT2D eigenvalue weighted by Crippen LogP contribution is -2.42. The van der Waals surface area contributed by atoms with Crippen molar-refractivity contribution < 1.29 is 17.9 Å². The molecular weight excluding hydrogens is 281 g/mol. The summed E-state index contributed by atoms with van der Waals surface area (Å²) in [4.78, 5) is -0.441. The van der Waals surface area contributed by atoms with Crippen LogP contribution in [0.1, 0.15) is 12.8 Å². The molecule has 0 spiro atoms. The van der Waals surface area contributed by atoms with Crippen LogP contribution in [-0.4, -0.2) is 37.0 Å². The van der Waals surface area contributed by atoms with Gasteiger partial charge < -0.3 is 5.11 Å². The van der Waals surface area contributed by atoms with Crippen LogP contribution in [-0.2, 0) is 10.0 Å². The average Bonchev–Trinajstić information content (AvgIpc) is 2.32. The second-order valence-electron chi connectivity index (χ2n) is 4.21. The third kappa shape index (κ3) is 2.51. The molecule has 1 aliphatic rings. The first-order valence-electron chi connectivity index (χ1n) is 5.55. The summed E-state index contributed by atoms with van der Waals surface area (Å²) in [6, 6.07) is 3.86. The Bertz CT molecular complexity index is 549. The molecule has 0 aromatic heterocycles. The Hall–Kier alpha value is -0.690. The van der Waals surface area contributed by atoms with Crippen molar-refractivity contribution in [2.45, 2.75) is 23.8 Å². The lowest BCUT2D eigenvalue weighted by Gasteiger charge is -2.29. The third-order valence-corrected chi connectivity index (χ3v) is 5.07. The molecule has 18 heavy (non-hydrogen) atoms. The molecule has 4 nitrogen and oxygen atoms in total. The Morgan fingerprint density at radius 2 is 2.17 bits per heavy atom. The van der Waals surface area contributed by atoms with Gasteiger partial charge in [0.15, 0.2) is 5.82 Å². The maximum Gasteiger partial charge on any atom is 0.246 e. The monoisotopic (exact) mass is 293 g/mol. The van der Waals surface area contributed by atoms with E-state index in [9.17, 15) is 17.9 Å². The SMILES string of the molecule is O=S(=O)(c1cccc(Cl)c1F)N1CCC[C@H](O)C1. The van der Waals surface area contributed by atoms with Crippen LogP contribution in [0.25, 0.3) is 0 Å². The number of β-amino-alcohol motifs (C(OH)–C–C–N with tert-alkyl or cyclic N) is 1. The fourth-order valence-corrected chi connectivity index (χ4v) is 3.80. The third-order valence-electron chi connectivity index (χ3n) is 2.89. The van der Waals surface area contributed by atoms with Gasteiger partial charge in [-0.3, -0.25) is 0 Å². The van der Waals surface area contributed by atoms with Gasteiger partial charge in [0.1, 0.15) is 4.90 Å². The maximum atomic E-state index is 13.7. The number of halogens is 2. The van der Waals surface area contributed by atoms with Gasteiger partial charge in [-0.2, -0.15) is 4.31 Å². The van der Waals surface area contributed by atoms with Gasteiger partial charge in [0, 0.05) is 13.1 Å². The highest BCUT2D eigenvalue weighted by Gasteiger charge is 2.31. The van der Waals surface area contributed by atoms with Gasteiger partial charge in [0.2, 0.25) is 10.0 Å². The molecule has 1 aliphatic heterocycles. The number of hydrogen-bond donors (Lipinski definition) is 1. The standard InChI is InChI=1S/C11H13ClFNO3S/c12-9-4-1-5-10(11(9)13)18(16,17)14-6-2-3-8(15)7-14/h1,4-5,8,15H,2-3,6-7H2/t8-/m0/s1. The lowest BCUT2D eigenvalue weighted by atomic mass is 10.1. The summed E-state index contributed by atoms with van der Waals surface area (Å²) in [5.41, 5.74) is 0. The van der Waals surface area contributed by atoms with E-state index in [0.717, 1.165) is 4.31 Å². The van der Waals surface area contributed by atoms with Crippen LogP contribution >= 0.6 is 11.6 Å². The molecule has 1 N–H and O–H groups in total. The molecule has 0 aliphatic carbocycles. The van der Waals surface area contributed by atoms with Crippen LogP contribution in [0.3, 0.4) is 0 Å². The molecule has 1 fully saturated rings. The van der Waals surface area contributed by atoms with E-state index >= 15 is 0 Å². The lowest BCUT2D eigenvalue weighted by molar-refractivity contribution is 0.108. The minimum absolute atomic E-state index is 0.00567. The predicted octanol–water partition coefficient (Wildman–Crippen LogP) is 1.62. The number of hydrogen-bond acceptors (Lipinski definition) is 3. The number of piperidine rings is 1. The highest BCUT2D eigenvalue weighted by atomic mass is 35.5. The first-order valence-corrected chi connectivity index (χ1v) is 7.37. The van der Waals surface area contributed by atoms with Crippen molar-refractivity contribution in [3.05, 3.63) is 29.0 Å². The van der Waals surface area contributed by atoms with Crippen LogP contribution in [0.2, 0.25) is 5.02 Å². The van der Waals surface area contributed by atoms with Crippen molar-refractivity contribution in [3.63, 3.8) is 0 Å². The Kier molecular flexibility index (Phi) is 3.91. The van der Waals surface area contributed by atoms with Crippen LogP contribution < -0.4 is 0 Å². The van der Waals surface area contributed by atoms with Crippen molar-refractivity contribution in [1.82, 2.24) is 4.31 Å². The maximum absolute atomic E-state index is 13.7. The number of sulfonamides is 1. The summed E-state index contributed by atoms with van der Waals surface area (Å²) < 4.78 is 39.3. The quantitative estimate of drug-likeness (QED) is 0.901. The topological polar surface area (TPSA) is 57.6 Å². The Morgan fingerprint density at radius 3 is 2.83 bits per heavy atom. The smallest absolute Gasteiger partial charge is 0.246 e. The van der Waals surface area contributed by atoms with E-state index in [4.69, 9.17) is 11.6 Å². The van der Waals surface area contributed by atoms with Crippen LogP contribution in [0.4, 0.5) is 4.39 Å². The molecular formula is C11H13ClFNO3S. The van der Waals surface area contributed by atoms with E-state index in [2.05, 4.69) is 0 Å². The summed E-state index contributed by atoms with van der Waals surface area (Å²) in [6.07, 6.45) is 0.419. The number of rotatable bonds is 2. The summed E-state index contributed by atoms with van der Waals surface area (Å²) in [6.45, 7) is 0.277. The molecule has 1 saturated heterocycles. The molecule has 1 heterocycles. The molecule has 100 valence electrons. The molecule has 1 aromatic rings. The molecule has 0 unspecified atom stereocenters. The van der Waals surface area contributed by atoms with Gasteiger partial charge >= 0.3 is 0 Å². The van der Waals surface area contributed by atoms with E-state index in [0.29, 0.717) is 12.8 Å². The first kappa shape index (κ1) is 13.7. The summed E-state index contributed by atoms with van der Waals surface area (Å²) in [5.74, 6) is -0.945. The van der Waals surface area contributed by atoms with Crippen LogP contribution in [0, 0.1) is 5.82 Å². The largest absolute Gasteiger partial charge is 0.392 e. The molecule has 1 aromatic carbocycles. The fourth-order valence-electron chi connectivity index (χ4n) is 1.96. The van der Waals surface area contributed by atoms with E-state index in [1.807, 2.05) is 0 Å². The molecule has 0 saturated carbocycles. The fraction of sp³-hybridized carbons (Fsp3) is 0.455. The van der Waals surface area contributed by atoms with Gasteiger partial charge in [-0.05, 0) is 25.0 Å². The molecule has 0 amide bonds. The number of benzene rings is 1. The zero-order valence-corrected chi connectivity index (χ0v) is 11.1. The average molecular weight is 294 g/mol. The zero-order chi connectivity index (χ0) is 13.3. The van der Waals surface area contributed by atoms with E-state index in [1.165, 1.54) is 18.2 Å². The van der Waals surface area contributed by atoms with Gasteiger partial charge in [0.25, 0.3) is 0 Å². The molecule has 0 radical (unpaired) electrons. The van der Waals surface area contributed by atoms with E-state index < -0.39 is 26.8 Å². The normalized spacial score (nSPS) is 22.1. The minimum atomic E-state index is -3.93. The van der Waals surface area contributed by atoms with Crippen molar-refractivity contribution in [2.24, 2.45) is 0 Å². The van der Waals surface area contributed by atoms with Crippen molar-refractivity contribution in [3.8, 4) is 0 Å². The van der Waals surface area contributed by atoms with Crippen molar-refractivity contribution in [1.29, 1.82) is 0 Å². The van der Waals surface area contributed by atoms with Crippen molar-refractivity contribution in [2.75, 3.05) is 13.1 Å². The van der Waals surface area contributed by atoms with Crippen molar-refractivity contribution >= 4 is 21.6 Å². The van der Waals surface area contributed by atoms with E-state index in [1.54, 1.807) is 0 Å². The van der Waals surface area contributed by atoms with Gasteiger partial charge in [-0.15, -0.1) is 0 Å². The molecule has 7 heteroatoms. The number of aliphatic hydroxyl groups is 1. The Balaban J connectivity index is 2.39. The predicted molar refractivity (Wildman–Crippen MR) is 65.4 cm³/mol. The Morgan fingerprint density at radius 1 is 1.44 bits per heavy atom. The Labute approximate surface area is 110 Å². The highest BCUT2D eigenvalue weighted by molar-refractivity contribution is 7.89. The molecule has 2 rings (SSSR count). The van der Waals surface area contributed by atoms with Gasteiger partial charge in [0.05, 0.1) is 11.1 Å². The summed E-state index contributed by atoms with van der Waals surface area (Å²) >= 11 is 5.58. The van der Waals surface area contributed by atoms with E-state index in [-0.39, 0.29) is 18.1 Å². The van der Waals surface area contributed by atoms with Crippen LogP contribution in [0.15, 0.2) is 23.1 Å². The van der Waals surface area contributed by atoms with Gasteiger partial charge in [-0.1, -0.05) is 17.7 Å². The second kappa shape index (κ2) is 5.13. The second-order valence-corrected chi connectivity index (χ2v) is 6.52. The highest BCUT2D eigenvalue weighted by Crippen LogP contribution is 2.26. The number of nitrogens with zero attached hydrogens (tertiary/aromatic N) is 1. The summed E-state index contributed by atoms with van der Waals surface area (Å²) in [7, 11) is -3.93. The molecule has 0 bridgehead atoms.